The summed E-state index contributed by atoms with van der Waals surface area (Å²) in [7, 11) is 1.58. The molecule has 0 aliphatic heterocycles. The van der Waals surface area contributed by atoms with Gasteiger partial charge in [-0.25, -0.2) is 9.78 Å². The second-order valence-corrected chi connectivity index (χ2v) is 9.69. The van der Waals surface area contributed by atoms with Crippen molar-refractivity contribution in [2.24, 2.45) is 0 Å². The monoisotopic (exact) mass is 500 g/mol. The van der Waals surface area contributed by atoms with Gasteiger partial charge in [0, 0.05) is 11.8 Å². The molecule has 1 amide bonds. The van der Waals surface area contributed by atoms with E-state index in [-0.39, 0.29) is 0 Å². The van der Waals surface area contributed by atoms with Gasteiger partial charge in [-0.3, -0.25) is 4.79 Å². The summed E-state index contributed by atoms with van der Waals surface area (Å²) in [6.45, 7) is 2.74. The largest absolute Gasteiger partial charge is 0.480 e. The molecule has 9 heteroatoms. The van der Waals surface area contributed by atoms with Gasteiger partial charge in [-0.05, 0) is 59.7 Å². The summed E-state index contributed by atoms with van der Waals surface area (Å²) in [4.78, 5) is 29.9. The van der Waals surface area contributed by atoms with Crippen molar-refractivity contribution in [3.8, 4) is 16.3 Å². The predicted molar refractivity (Wildman–Crippen MR) is 136 cm³/mol. The fourth-order valence-electron chi connectivity index (χ4n) is 3.43. The summed E-state index contributed by atoms with van der Waals surface area (Å²) in [5.41, 5.74) is 4.01. The molecule has 0 spiro atoms. The normalized spacial score (nSPS) is 11.7. The molecule has 2 aromatic carbocycles. The first-order chi connectivity index (χ1) is 16.4. The van der Waals surface area contributed by atoms with Crippen LogP contribution in [0.25, 0.3) is 11.1 Å². The number of rotatable bonds is 12. The molecule has 1 atom stereocenters. The fourth-order valence-corrected chi connectivity index (χ4v) is 4.56. The van der Waals surface area contributed by atoms with Crippen LogP contribution in [0.2, 0.25) is 0 Å². The minimum Gasteiger partial charge on any atom is -0.480 e. The molecular formula is C25H28N2O5S2. The van der Waals surface area contributed by atoms with E-state index in [1.807, 2.05) is 49.6 Å². The van der Waals surface area contributed by atoms with Crippen molar-refractivity contribution in [2.75, 3.05) is 19.1 Å². The van der Waals surface area contributed by atoms with E-state index < -0.39 is 17.9 Å². The highest BCUT2D eigenvalue weighted by molar-refractivity contribution is 7.98. The molecular weight excluding hydrogens is 472 g/mol. The number of carboxylic acids is 1. The van der Waals surface area contributed by atoms with Crippen molar-refractivity contribution >= 4 is 35.0 Å². The van der Waals surface area contributed by atoms with Gasteiger partial charge in [-0.15, -0.1) is 0 Å². The molecule has 3 aromatic rings. The molecule has 0 bridgehead atoms. The van der Waals surface area contributed by atoms with Crippen LogP contribution < -0.4 is 10.1 Å². The van der Waals surface area contributed by atoms with Crippen LogP contribution in [0.4, 0.5) is 0 Å². The lowest BCUT2D eigenvalue weighted by Crippen LogP contribution is -2.41. The van der Waals surface area contributed by atoms with Crippen LogP contribution >= 0.6 is 23.1 Å². The first-order valence-electron chi connectivity index (χ1n) is 10.7. The number of carbonyl (C=O) groups is 2. The molecule has 0 fully saturated rings. The second-order valence-electron chi connectivity index (χ2n) is 7.63. The molecule has 0 saturated carbocycles. The SMILES string of the molecule is COc1ncc(COCc2ccc(C(=O)N[C@@H](CCSC)C(=O)O)c(-c3ccccc3C)c2)s1. The third-order valence-electron chi connectivity index (χ3n) is 5.20. The van der Waals surface area contributed by atoms with Crippen LogP contribution in [0.15, 0.2) is 48.7 Å². The Balaban J connectivity index is 1.83. The van der Waals surface area contributed by atoms with E-state index in [1.54, 1.807) is 31.1 Å². The number of nitrogens with zero attached hydrogens (tertiary/aromatic N) is 1. The van der Waals surface area contributed by atoms with Crippen LogP contribution in [0.3, 0.4) is 0 Å². The van der Waals surface area contributed by atoms with Gasteiger partial charge in [-0.1, -0.05) is 41.7 Å². The summed E-state index contributed by atoms with van der Waals surface area (Å²) >= 11 is 2.97. The number of hydrogen-bond acceptors (Lipinski definition) is 7. The molecule has 180 valence electrons. The third kappa shape index (κ3) is 6.82. The van der Waals surface area contributed by atoms with Crippen molar-refractivity contribution in [2.45, 2.75) is 32.6 Å². The maximum absolute atomic E-state index is 13.1. The number of thiazole rings is 1. The van der Waals surface area contributed by atoms with E-state index in [0.717, 1.165) is 27.1 Å². The van der Waals surface area contributed by atoms with Gasteiger partial charge in [0.25, 0.3) is 11.1 Å². The number of methoxy groups -OCH3 is 1. The Labute approximate surface area is 207 Å². The summed E-state index contributed by atoms with van der Waals surface area (Å²) in [6, 6.07) is 12.4. The Hall–Kier alpha value is -2.88. The standard InChI is InChI=1S/C25H28N2O5S2/c1-16-6-4-5-7-19(16)21-12-17(14-32-15-18-13-26-25(31-2)34-18)8-9-20(21)23(28)27-22(24(29)30)10-11-33-3/h4-9,12-13,22H,10-11,14-15H2,1-3H3,(H,27,28)(H,29,30)/t22-/m0/s1. The minimum atomic E-state index is -1.04. The third-order valence-corrected chi connectivity index (χ3v) is 6.77. The Kier molecular flexibility index (Phi) is 9.50. The van der Waals surface area contributed by atoms with Gasteiger partial charge in [0.05, 0.1) is 25.2 Å². The Morgan fingerprint density at radius 1 is 1.18 bits per heavy atom. The summed E-state index contributed by atoms with van der Waals surface area (Å²) in [5, 5.41) is 12.8. The molecule has 34 heavy (non-hydrogen) atoms. The van der Waals surface area contributed by atoms with E-state index in [9.17, 15) is 14.7 Å². The summed E-state index contributed by atoms with van der Waals surface area (Å²) in [5.74, 6) is -0.801. The van der Waals surface area contributed by atoms with Gasteiger partial charge in [-0.2, -0.15) is 11.8 Å². The number of aromatic nitrogens is 1. The number of thioether (sulfide) groups is 1. The van der Waals surface area contributed by atoms with Crippen LogP contribution in [-0.4, -0.2) is 47.1 Å². The number of ether oxygens (including phenoxy) is 2. The fraction of sp³-hybridized carbons (Fsp3) is 0.320. The molecule has 7 nitrogen and oxygen atoms in total. The van der Waals surface area contributed by atoms with Gasteiger partial charge in [0.1, 0.15) is 6.04 Å². The zero-order chi connectivity index (χ0) is 24.5. The number of aryl methyl sites for hydroxylation is 1. The molecule has 3 rings (SSSR count). The quantitative estimate of drug-likeness (QED) is 0.369. The molecule has 0 unspecified atom stereocenters. The van der Waals surface area contributed by atoms with Crippen LogP contribution in [0.1, 0.15) is 32.8 Å². The van der Waals surface area contributed by atoms with Gasteiger partial charge >= 0.3 is 5.97 Å². The average Bonchev–Trinajstić information content (AvgIpc) is 3.29. The van der Waals surface area contributed by atoms with Crippen LogP contribution in [0.5, 0.6) is 5.19 Å². The van der Waals surface area contributed by atoms with Crippen molar-refractivity contribution in [3.63, 3.8) is 0 Å². The van der Waals surface area contributed by atoms with E-state index in [1.165, 1.54) is 11.3 Å². The van der Waals surface area contributed by atoms with Crippen molar-refractivity contribution in [3.05, 3.63) is 70.2 Å². The molecule has 0 radical (unpaired) electrons. The number of hydrogen-bond donors (Lipinski definition) is 2. The van der Waals surface area contributed by atoms with Crippen molar-refractivity contribution in [1.29, 1.82) is 0 Å². The first-order valence-corrected chi connectivity index (χ1v) is 12.9. The Bertz CT molecular complexity index is 1130. The van der Waals surface area contributed by atoms with Gasteiger partial charge in [0.15, 0.2) is 0 Å². The number of benzene rings is 2. The van der Waals surface area contributed by atoms with E-state index >= 15 is 0 Å². The number of nitrogens with one attached hydrogen (secondary N) is 1. The lowest BCUT2D eigenvalue weighted by atomic mass is 9.93. The highest BCUT2D eigenvalue weighted by Crippen LogP contribution is 2.29. The first kappa shape index (κ1) is 25.7. The Morgan fingerprint density at radius 2 is 1.97 bits per heavy atom. The van der Waals surface area contributed by atoms with Gasteiger partial charge in [0.2, 0.25) is 0 Å². The number of carbonyl (C=O) groups excluding carboxylic acids is 1. The lowest BCUT2D eigenvalue weighted by molar-refractivity contribution is -0.139. The van der Waals surface area contributed by atoms with Crippen LogP contribution in [-0.2, 0) is 22.7 Å². The predicted octanol–water partition coefficient (Wildman–Crippen LogP) is 4.78. The summed E-state index contributed by atoms with van der Waals surface area (Å²) < 4.78 is 11.0. The maximum atomic E-state index is 13.1. The molecule has 0 aliphatic carbocycles. The van der Waals surface area contributed by atoms with Crippen LogP contribution in [0, 0.1) is 6.92 Å². The highest BCUT2D eigenvalue weighted by Gasteiger charge is 2.22. The number of carboxylic acid groups (broad SMARTS) is 1. The molecule has 2 N–H and O–H groups in total. The van der Waals surface area contributed by atoms with E-state index in [2.05, 4.69) is 10.3 Å². The van der Waals surface area contributed by atoms with E-state index in [4.69, 9.17) is 9.47 Å². The summed E-state index contributed by atoms with van der Waals surface area (Å²) in [6.07, 6.45) is 3.99. The molecule has 0 saturated heterocycles. The zero-order valence-corrected chi connectivity index (χ0v) is 21.0. The average molecular weight is 501 g/mol. The van der Waals surface area contributed by atoms with Crippen molar-refractivity contribution in [1.82, 2.24) is 10.3 Å². The molecule has 1 aromatic heterocycles. The smallest absolute Gasteiger partial charge is 0.326 e. The lowest BCUT2D eigenvalue weighted by Gasteiger charge is -2.17. The van der Waals surface area contributed by atoms with Gasteiger partial charge < -0.3 is 19.9 Å². The van der Waals surface area contributed by atoms with E-state index in [0.29, 0.717) is 36.1 Å². The van der Waals surface area contributed by atoms with Crippen molar-refractivity contribution < 1.29 is 24.2 Å². The zero-order valence-electron chi connectivity index (χ0n) is 19.4. The molecule has 0 aliphatic rings. The Morgan fingerprint density at radius 3 is 2.65 bits per heavy atom. The number of amides is 1. The second kappa shape index (κ2) is 12.5. The number of aliphatic carboxylic acids is 1. The molecule has 1 heterocycles. The highest BCUT2D eigenvalue weighted by atomic mass is 32.2. The topological polar surface area (TPSA) is 97.8 Å². The maximum Gasteiger partial charge on any atom is 0.326 e. The minimum absolute atomic E-state index is 0.354.